The lowest BCUT2D eigenvalue weighted by Crippen LogP contribution is -1.97. The van der Waals surface area contributed by atoms with Crippen molar-refractivity contribution in [2.75, 3.05) is 0 Å². The fourth-order valence-electron chi connectivity index (χ4n) is 2.56. The monoisotopic (exact) mass is 250 g/mol. The summed E-state index contributed by atoms with van der Waals surface area (Å²) in [5, 5.41) is 0. The van der Waals surface area contributed by atoms with Gasteiger partial charge in [-0.15, -0.1) is 0 Å². The average molecular weight is 250 g/mol. The van der Waals surface area contributed by atoms with Crippen LogP contribution in [0.5, 0.6) is 0 Å². The van der Waals surface area contributed by atoms with Gasteiger partial charge in [-0.2, -0.15) is 0 Å². The molecule has 0 fully saturated rings. The van der Waals surface area contributed by atoms with E-state index in [2.05, 4.69) is 60.1 Å². The molecule has 96 valence electrons. The molecule has 0 aliphatic rings. The average Bonchev–Trinajstić information content (AvgIpc) is 2.85. The van der Waals surface area contributed by atoms with Crippen LogP contribution in [0.4, 0.5) is 0 Å². The third-order valence-electron chi connectivity index (χ3n) is 3.67. The Morgan fingerprint density at radius 2 is 1.84 bits per heavy atom. The molecule has 2 heterocycles. The Hall–Kier alpha value is -2.06. The van der Waals surface area contributed by atoms with Gasteiger partial charge in [0, 0.05) is 24.5 Å². The molecule has 2 heteroatoms. The van der Waals surface area contributed by atoms with Crippen LogP contribution in [0, 0.1) is 0 Å². The van der Waals surface area contributed by atoms with Crippen LogP contribution >= 0.6 is 0 Å². The second kappa shape index (κ2) is 4.90. The first-order valence-corrected chi connectivity index (χ1v) is 6.71. The molecule has 0 atom stereocenters. The predicted octanol–water partition coefficient (Wildman–Crippen LogP) is 3.63. The van der Waals surface area contributed by atoms with Gasteiger partial charge in [-0.05, 0) is 35.2 Å². The second-order valence-corrected chi connectivity index (χ2v) is 4.77. The molecule has 0 bridgehead atoms. The van der Waals surface area contributed by atoms with Gasteiger partial charge in [0.25, 0.3) is 0 Å². The largest absolute Gasteiger partial charge is 0.326 e. The van der Waals surface area contributed by atoms with Crippen molar-refractivity contribution in [2.45, 2.75) is 19.9 Å². The van der Waals surface area contributed by atoms with E-state index in [1.807, 2.05) is 6.07 Å². The highest BCUT2D eigenvalue weighted by molar-refractivity contribution is 5.76. The minimum Gasteiger partial charge on any atom is -0.326 e. The third-order valence-corrected chi connectivity index (χ3v) is 3.67. The van der Waals surface area contributed by atoms with E-state index in [9.17, 15) is 0 Å². The number of pyridine rings is 1. The minimum absolute atomic E-state index is 0.561. The van der Waals surface area contributed by atoms with E-state index in [0.29, 0.717) is 6.54 Å². The number of aryl methyl sites for hydroxylation is 1. The normalized spacial score (nSPS) is 11.1. The number of hydrogen-bond acceptors (Lipinski definition) is 1. The van der Waals surface area contributed by atoms with Gasteiger partial charge in [0.15, 0.2) is 0 Å². The fourth-order valence-corrected chi connectivity index (χ4v) is 2.56. The lowest BCUT2D eigenvalue weighted by atomic mass is 10.0. The van der Waals surface area contributed by atoms with E-state index in [-0.39, 0.29) is 0 Å². The molecule has 2 aromatic heterocycles. The molecule has 19 heavy (non-hydrogen) atoms. The zero-order chi connectivity index (χ0) is 13.2. The Balaban J connectivity index is 2.17. The molecule has 1 aromatic carbocycles. The standard InChI is InChI=1S/C17H18N2/c1-2-13-6-8-14(9-7-13)16-12-19-10-4-3-5-17(19)15(16)11-18/h3-10,12H,2,11,18H2,1H3. The number of benzene rings is 1. The summed E-state index contributed by atoms with van der Waals surface area (Å²) in [5.74, 6) is 0. The van der Waals surface area contributed by atoms with E-state index in [4.69, 9.17) is 5.73 Å². The Bertz CT molecular complexity index is 693. The first-order valence-electron chi connectivity index (χ1n) is 6.71. The summed E-state index contributed by atoms with van der Waals surface area (Å²) in [6.45, 7) is 2.73. The number of aromatic nitrogens is 1. The van der Waals surface area contributed by atoms with Crippen molar-refractivity contribution < 1.29 is 0 Å². The zero-order valence-electron chi connectivity index (χ0n) is 11.1. The number of hydrogen-bond donors (Lipinski definition) is 1. The number of fused-ring (bicyclic) bond motifs is 1. The first-order chi connectivity index (χ1) is 9.33. The molecule has 3 rings (SSSR count). The van der Waals surface area contributed by atoms with Crippen molar-refractivity contribution in [3.8, 4) is 11.1 Å². The molecule has 3 aromatic rings. The van der Waals surface area contributed by atoms with Crippen LogP contribution in [0.15, 0.2) is 54.9 Å². The lowest BCUT2D eigenvalue weighted by molar-refractivity contribution is 1.08. The molecule has 0 saturated heterocycles. The van der Waals surface area contributed by atoms with E-state index in [1.165, 1.54) is 27.8 Å². The SMILES string of the molecule is CCc1ccc(-c2cn3ccccc3c2CN)cc1. The van der Waals surface area contributed by atoms with Crippen LogP contribution in [-0.4, -0.2) is 4.40 Å². The van der Waals surface area contributed by atoms with Gasteiger partial charge in [0.05, 0.1) is 5.52 Å². The Kier molecular flexibility index (Phi) is 3.10. The summed E-state index contributed by atoms with van der Waals surface area (Å²) >= 11 is 0. The van der Waals surface area contributed by atoms with E-state index in [1.54, 1.807) is 0 Å². The molecule has 0 spiro atoms. The molecule has 0 aliphatic heterocycles. The van der Waals surface area contributed by atoms with Gasteiger partial charge in [-0.25, -0.2) is 0 Å². The molecular weight excluding hydrogens is 232 g/mol. The summed E-state index contributed by atoms with van der Waals surface area (Å²) in [5.41, 5.74) is 12.2. The third kappa shape index (κ3) is 2.04. The van der Waals surface area contributed by atoms with Crippen molar-refractivity contribution in [1.82, 2.24) is 4.40 Å². The molecule has 2 nitrogen and oxygen atoms in total. The highest BCUT2D eigenvalue weighted by Gasteiger charge is 2.10. The van der Waals surface area contributed by atoms with Crippen LogP contribution in [0.25, 0.3) is 16.6 Å². The van der Waals surface area contributed by atoms with Crippen molar-refractivity contribution in [3.63, 3.8) is 0 Å². The molecule has 0 radical (unpaired) electrons. The smallest absolute Gasteiger partial charge is 0.0501 e. The van der Waals surface area contributed by atoms with Gasteiger partial charge in [-0.3, -0.25) is 0 Å². The molecule has 0 unspecified atom stereocenters. The van der Waals surface area contributed by atoms with Crippen LogP contribution in [0.1, 0.15) is 18.1 Å². The summed E-state index contributed by atoms with van der Waals surface area (Å²) in [6.07, 6.45) is 5.30. The van der Waals surface area contributed by atoms with E-state index >= 15 is 0 Å². The van der Waals surface area contributed by atoms with Gasteiger partial charge in [-0.1, -0.05) is 37.3 Å². The maximum absolute atomic E-state index is 5.94. The van der Waals surface area contributed by atoms with E-state index in [0.717, 1.165) is 6.42 Å². The number of rotatable bonds is 3. The summed E-state index contributed by atoms with van der Waals surface area (Å²) in [6, 6.07) is 15.0. The molecule has 0 amide bonds. The van der Waals surface area contributed by atoms with E-state index < -0.39 is 0 Å². The molecule has 0 saturated carbocycles. The highest BCUT2D eigenvalue weighted by Crippen LogP contribution is 2.28. The number of nitrogens with zero attached hydrogens (tertiary/aromatic N) is 1. The first kappa shape index (κ1) is 12.0. The van der Waals surface area contributed by atoms with Crippen LogP contribution in [0.3, 0.4) is 0 Å². The van der Waals surface area contributed by atoms with Crippen molar-refractivity contribution in [1.29, 1.82) is 0 Å². The molecule has 2 N–H and O–H groups in total. The fraction of sp³-hybridized carbons (Fsp3) is 0.176. The quantitative estimate of drug-likeness (QED) is 0.756. The van der Waals surface area contributed by atoms with Gasteiger partial charge < -0.3 is 10.1 Å². The maximum atomic E-state index is 5.94. The van der Waals surface area contributed by atoms with Gasteiger partial charge >= 0.3 is 0 Å². The second-order valence-electron chi connectivity index (χ2n) is 4.77. The van der Waals surface area contributed by atoms with Crippen LogP contribution in [-0.2, 0) is 13.0 Å². The highest BCUT2D eigenvalue weighted by atomic mass is 14.9. The van der Waals surface area contributed by atoms with Crippen LogP contribution < -0.4 is 5.73 Å². The Morgan fingerprint density at radius 1 is 1.05 bits per heavy atom. The lowest BCUT2D eigenvalue weighted by Gasteiger charge is -2.03. The zero-order valence-corrected chi connectivity index (χ0v) is 11.1. The van der Waals surface area contributed by atoms with Crippen molar-refractivity contribution in [3.05, 3.63) is 66.0 Å². The van der Waals surface area contributed by atoms with Crippen LogP contribution in [0.2, 0.25) is 0 Å². The van der Waals surface area contributed by atoms with Gasteiger partial charge in [0.1, 0.15) is 0 Å². The predicted molar refractivity (Wildman–Crippen MR) is 80.1 cm³/mol. The Morgan fingerprint density at radius 3 is 2.53 bits per heavy atom. The molecule has 0 aliphatic carbocycles. The Labute approximate surface area is 113 Å². The maximum Gasteiger partial charge on any atom is 0.0501 e. The molecular formula is C17H18N2. The summed E-state index contributed by atoms with van der Waals surface area (Å²) < 4.78 is 2.14. The summed E-state index contributed by atoms with van der Waals surface area (Å²) in [7, 11) is 0. The van der Waals surface area contributed by atoms with Crippen molar-refractivity contribution >= 4 is 5.52 Å². The number of nitrogens with two attached hydrogens (primary N) is 1. The van der Waals surface area contributed by atoms with Crippen molar-refractivity contribution in [2.24, 2.45) is 5.73 Å². The minimum atomic E-state index is 0.561. The topological polar surface area (TPSA) is 30.4 Å². The van der Waals surface area contributed by atoms with Gasteiger partial charge in [0.2, 0.25) is 0 Å². The summed E-state index contributed by atoms with van der Waals surface area (Å²) in [4.78, 5) is 0.